The number of nitrogens with zero attached hydrogens (tertiary/aromatic N) is 3. The van der Waals surface area contributed by atoms with Crippen LogP contribution < -0.4 is 10.9 Å². The summed E-state index contributed by atoms with van der Waals surface area (Å²) in [4.78, 5) is 33.5. The van der Waals surface area contributed by atoms with Gasteiger partial charge in [0.15, 0.2) is 0 Å². The van der Waals surface area contributed by atoms with E-state index in [1.54, 1.807) is 33.7 Å². The van der Waals surface area contributed by atoms with E-state index >= 15 is 0 Å². The third-order valence-electron chi connectivity index (χ3n) is 5.73. The largest absolute Gasteiger partial charge is 0.353 e. The third-order valence-corrected chi connectivity index (χ3v) is 6.47. The molecular formula is C26H24Cl2N4O2. The van der Waals surface area contributed by atoms with Gasteiger partial charge in [0.2, 0.25) is 5.95 Å². The number of fused-ring (bicyclic) bond motifs is 1. The Labute approximate surface area is 208 Å². The predicted molar refractivity (Wildman–Crippen MR) is 136 cm³/mol. The SMILES string of the molecule is C#Cc1cccc(-n2c(NC(C)C)nc3c(c2=O)C[C@@H](C)N(C(=O)c2ccc(Cl)c(Cl)c2)C3)c1. The summed E-state index contributed by atoms with van der Waals surface area (Å²) in [5.74, 6) is 2.82. The van der Waals surface area contributed by atoms with Crippen LogP contribution in [-0.2, 0) is 13.0 Å². The fourth-order valence-electron chi connectivity index (χ4n) is 4.05. The zero-order chi connectivity index (χ0) is 24.6. The lowest BCUT2D eigenvalue weighted by Gasteiger charge is -2.34. The quantitative estimate of drug-likeness (QED) is 0.522. The number of carbonyl (C=O) groups is 1. The van der Waals surface area contributed by atoms with Crippen molar-refractivity contribution in [1.29, 1.82) is 0 Å². The van der Waals surface area contributed by atoms with Crippen LogP contribution in [0.1, 0.15) is 48.0 Å². The highest BCUT2D eigenvalue weighted by Crippen LogP contribution is 2.27. The summed E-state index contributed by atoms with van der Waals surface area (Å²) >= 11 is 12.1. The summed E-state index contributed by atoms with van der Waals surface area (Å²) in [6, 6.07) is 11.9. The van der Waals surface area contributed by atoms with Gasteiger partial charge in [-0.1, -0.05) is 35.2 Å². The van der Waals surface area contributed by atoms with Crippen LogP contribution in [0.25, 0.3) is 5.69 Å². The Balaban J connectivity index is 1.79. The highest BCUT2D eigenvalue weighted by molar-refractivity contribution is 6.42. The molecule has 0 bridgehead atoms. The standard InChI is InChI=1S/C26H24Cl2N4O2/c1-5-17-7-6-8-19(12-17)32-25(34)20-11-16(4)31(14-23(20)30-26(32)29-15(2)3)24(33)18-9-10-21(27)22(28)13-18/h1,6-10,12-13,15-16H,11,14H2,2-4H3,(H,29,30)/t16-/m1/s1. The molecule has 1 aliphatic heterocycles. The lowest BCUT2D eigenvalue weighted by Crippen LogP contribution is -2.46. The Morgan fingerprint density at radius 3 is 2.65 bits per heavy atom. The van der Waals surface area contributed by atoms with E-state index in [9.17, 15) is 9.59 Å². The number of aromatic nitrogens is 2. The van der Waals surface area contributed by atoms with Crippen molar-refractivity contribution in [1.82, 2.24) is 14.5 Å². The van der Waals surface area contributed by atoms with Gasteiger partial charge in [-0.2, -0.15) is 0 Å². The molecule has 0 saturated carbocycles. The van der Waals surface area contributed by atoms with Crippen LogP contribution in [0.3, 0.4) is 0 Å². The molecular weight excluding hydrogens is 471 g/mol. The van der Waals surface area contributed by atoms with Crippen LogP contribution in [0.2, 0.25) is 10.0 Å². The van der Waals surface area contributed by atoms with Gasteiger partial charge in [-0.15, -0.1) is 6.42 Å². The van der Waals surface area contributed by atoms with Crippen molar-refractivity contribution in [3.05, 3.63) is 85.2 Å². The average molecular weight is 495 g/mol. The number of terminal acetylenes is 1. The van der Waals surface area contributed by atoms with Gasteiger partial charge in [0, 0.05) is 28.8 Å². The summed E-state index contributed by atoms with van der Waals surface area (Å²) in [6.07, 6.45) is 5.95. The lowest BCUT2D eigenvalue weighted by atomic mass is 9.98. The predicted octanol–water partition coefficient (Wildman–Crippen LogP) is 4.93. The van der Waals surface area contributed by atoms with Crippen LogP contribution in [0.4, 0.5) is 5.95 Å². The van der Waals surface area contributed by atoms with E-state index in [1.165, 1.54) is 0 Å². The van der Waals surface area contributed by atoms with Crippen LogP contribution in [0.15, 0.2) is 47.3 Å². The van der Waals surface area contributed by atoms with Crippen molar-refractivity contribution in [2.24, 2.45) is 0 Å². The molecule has 0 unspecified atom stereocenters. The van der Waals surface area contributed by atoms with E-state index in [2.05, 4.69) is 11.2 Å². The molecule has 4 rings (SSSR count). The Kier molecular flexibility index (Phi) is 6.70. The zero-order valence-electron chi connectivity index (χ0n) is 19.1. The van der Waals surface area contributed by atoms with E-state index in [4.69, 9.17) is 34.6 Å². The Bertz CT molecular complexity index is 1370. The molecule has 6 nitrogen and oxygen atoms in total. The first-order chi connectivity index (χ1) is 16.2. The molecule has 0 spiro atoms. The number of carbonyl (C=O) groups excluding carboxylic acids is 1. The lowest BCUT2D eigenvalue weighted by molar-refractivity contribution is 0.0653. The van der Waals surface area contributed by atoms with Gasteiger partial charge in [-0.25, -0.2) is 9.55 Å². The molecule has 1 atom stereocenters. The Morgan fingerprint density at radius 1 is 1.21 bits per heavy atom. The van der Waals surface area contributed by atoms with Gasteiger partial charge >= 0.3 is 0 Å². The van der Waals surface area contributed by atoms with E-state index < -0.39 is 0 Å². The Morgan fingerprint density at radius 2 is 1.97 bits per heavy atom. The van der Waals surface area contributed by atoms with Crippen LogP contribution in [0, 0.1) is 12.3 Å². The second-order valence-corrected chi connectivity index (χ2v) is 9.42. The maximum absolute atomic E-state index is 13.7. The van der Waals surface area contributed by atoms with Gasteiger partial charge < -0.3 is 10.2 Å². The van der Waals surface area contributed by atoms with E-state index in [0.717, 1.165) is 0 Å². The molecule has 0 fully saturated rings. The molecule has 0 radical (unpaired) electrons. The van der Waals surface area contributed by atoms with Crippen LogP contribution in [0.5, 0.6) is 0 Å². The smallest absolute Gasteiger partial charge is 0.263 e. The van der Waals surface area contributed by atoms with Crippen molar-refractivity contribution in [2.75, 3.05) is 5.32 Å². The summed E-state index contributed by atoms with van der Waals surface area (Å²) < 4.78 is 1.56. The second kappa shape index (κ2) is 9.54. The summed E-state index contributed by atoms with van der Waals surface area (Å²) in [5.41, 5.74) is 2.74. The highest BCUT2D eigenvalue weighted by atomic mass is 35.5. The average Bonchev–Trinajstić information content (AvgIpc) is 2.80. The number of hydrogen-bond acceptors (Lipinski definition) is 4. The van der Waals surface area contributed by atoms with Gasteiger partial charge in [0.1, 0.15) is 0 Å². The minimum Gasteiger partial charge on any atom is -0.353 e. The Hall–Kier alpha value is -3.27. The summed E-state index contributed by atoms with van der Waals surface area (Å²) in [7, 11) is 0. The number of amides is 1. The van der Waals surface area contributed by atoms with Crippen molar-refractivity contribution >= 4 is 35.1 Å². The molecule has 174 valence electrons. The monoisotopic (exact) mass is 494 g/mol. The number of hydrogen-bond donors (Lipinski definition) is 1. The van der Waals surface area contributed by atoms with Gasteiger partial charge in [-0.3, -0.25) is 9.59 Å². The molecule has 2 heterocycles. The molecule has 1 aromatic heterocycles. The van der Waals surface area contributed by atoms with Crippen molar-refractivity contribution < 1.29 is 4.79 Å². The number of halogens is 2. The van der Waals surface area contributed by atoms with Crippen LogP contribution in [-0.4, -0.2) is 32.4 Å². The number of rotatable bonds is 4. The maximum atomic E-state index is 13.7. The topological polar surface area (TPSA) is 67.2 Å². The van der Waals surface area contributed by atoms with E-state index in [0.29, 0.717) is 50.5 Å². The molecule has 34 heavy (non-hydrogen) atoms. The molecule has 0 saturated heterocycles. The van der Waals surface area contributed by atoms with E-state index in [-0.39, 0.29) is 30.1 Å². The van der Waals surface area contributed by atoms with Gasteiger partial charge in [0.05, 0.1) is 28.0 Å². The highest BCUT2D eigenvalue weighted by Gasteiger charge is 2.32. The van der Waals surface area contributed by atoms with Crippen molar-refractivity contribution in [2.45, 2.75) is 45.8 Å². The maximum Gasteiger partial charge on any atom is 0.263 e. The normalized spacial score (nSPS) is 15.1. The first kappa shape index (κ1) is 23.9. The minimum absolute atomic E-state index is 0.0310. The summed E-state index contributed by atoms with van der Waals surface area (Å²) in [5, 5.41) is 3.97. The molecule has 0 aliphatic carbocycles. The first-order valence-corrected chi connectivity index (χ1v) is 11.7. The van der Waals surface area contributed by atoms with Crippen LogP contribution >= 0.6 is 23.2 Å². The number of nitrogens with one attached hydrogen (secondary N) is 1. The number of anilines is 1. The first-order valence-electron chi connectivity index (χ1n) is 10.9. The third kappa shape index (κ3) is 4.54. The van der Waals surface area contributed by atoms with Gasteiger partial charge in [0.25, 0.3) is 11.5 Å². The molecule has 3 aromatic rings. The molecule has 8 heteroatoms. The molecule has 1 N–H and O–H groups in total. The minimum atomic E-state index is -0.210. The molecule has 2 aromatic carbocycles. The number of benzene rings is 2. The molecule has 1 aliphatic rings. The second-order valence-electron chi connectivity index (χ2n) is 8.61. The van der Waals surface area contributed by atoms with Crippen molar-refractivity contribution in [3.63, 3.8) is 0 Å². The fourth-order valence-corrected chi connectivity index (χ4v) is 4.35. The zero-order valence-corrected chi connectivity index (χ0v) is 20.6. The fraction of sp³-hybridized carbons (Fsp3) is 0.269. The van der Waals surface area contributed by atoms with Gasteiger partial charge in [-0.05, 0) is 63.6 Å². The summed E-state index contributed by atoms with van der Waals surface area (Å²) in [6.45, 7) is 6.07. The molecule has 1 amide bonds. The van der Waals surface area contributed by atoms with E-state index in [1.807, 2.05) is 39.0 Å². The van der Waals surface area contributed by atoms with Crippen molar-refractivity contribution in [3.8, 4) is 18.0 Å².